The van der Waals surface area contributed by atoms with Gasteiger partial charge in [0, 0.05) is 4.90 Å². The van der Waals surface area contributed by atoms with Crippen LogP contribution in [0.25, 0.3) is 6.08 Å². The van der Waals surface area contributed by atoms with Crippen LogP contribution in [0.4, 0.5) is 13.2 Å². The number of nitrogens with one attached hydrogen (secondary N) is 2. The van der Waals surface area contributed by atoms with Crippen LogP contribution >= 0.6 is 11.8 Å². The Labute approximate surface area is 174 Å². The first-order valence-electron chi connectivity index (χ1n) is 9.23. The third-order valence-electron chi connectivity index (χ3n) is 5.02. The topological polar surface area (TPSA) is 62.0 Å². The standard InChI is InChI=1S/C22H17F3N2O2S/c1-2-12-7-9-17-15(11-12)19(13-5-3-4-6-16(13)30-17)27-21(29)14-8-10-18(22(23,24)25)26-20(14)28/h2-3,5,7-11,19H,1,4,6H2,(H,26,28)(H,27,29). The van der Waals surface area contributed by atoms with Crippen LogP contribution in [0.2, 0.25) is 0 Å². The van der Waals surface area contributed by atoms with Crippen LogP contribution in [0.15, 0.2) is 69.2 Å². The highest BCUT2D eigenvalue weighted by molar-refractivity contribution is 8.03. The van der Waals surface area contributed by atoms with Crippen molar-refractivity contribution < 1.29 is 18.0 Å². The van der Waals surface area contributed by atoms with Gasteiger partial charge in [-0.05, 0) is 58.7 Å². The quantitative estimate of drug-likeness (QED) is 0.702. The molecule has 1 aliphatic carbocycles. The van der Waals surface area contributed by atoms with Crippen LogP contribution in [0.3, 0.4) is 0 Å². The normalized spacial score (nSPS) is 17.9. The smallest absolute Gasteiger partial charge is 0.341 e. The third kappa shape index (κ3) is 3.75. The number of hydrogen-bond acceptors (Lipinski definition) is 3. The van der Waals surface area contributed by atoms with Gasteiger partial charge in [0.05, 0.1) is 6.04 Å². The summed E-state index contributed by atoms with van der Waals surface area (Å²) in [6, 6.07) is 6.90. The number of thioether (sulfide) groups is 1. The fourth-order valence-corrected chi connectivity index (χ4v) is 4.74. The lowest BCUT2D eigenvalue weighted by Crippen LogP contribution is -2.35. The summed E-state index contributed by atoms with van der Waals surface area (Å²) in [5.74, 6) is -0.734. The second-order valence-electron chi connectivity index (χ2n) is 6.94. The lowest BCUT2D eigenvalue weighted by Gasteiger charge is -2.31. The molecule has 0 saturated heterocycles. The van der Waals surface area contributed by atoms with E-state index in [2.05, 4.69) is 11.9 Å². The van der Waals surface area contributed by atoms with Crippen LogP contribution in [0, 0.1) is 0 Å². The van der Waals surface area contributed by atoms with Crippen molar-refractivity contribution in [1.82, 2.24) is 10.3 Å². The zero-order valence-corrected chi connectivity index (χ0v) is 16.5. The highest BCUT2D eigenvalue weighted by Gasteiger charge is 2.33. The van der Waals surface area contributed by atoms with E-state index in [0.717, 1.165) is 45.4 Å². The number of carbonyl (C=O) groups is 1. The fourth-order valence-electron chi connectivity index (χ4n) is 3.52. The van der Waals surface area contributed by atoms with Gasteiger partial charge in [0.25, 0.3) is 11.5 Å². The van der Waals surface area contributed by atoms with Crippen LogP contribution in [0.1, 0.15) is 46.1 Å². The van der Waals surface area contributed by atoms with Crippen LogP contribution in [-0.4, -0.2) is 10.9 Å². The highest BCUT2D eigenvalue weighted by atomic mass is 32.2. The largest absolute Gasteiger partial charge is 0.431 e. The summed E-state index contributed by atoms with van der Waals surface area (Å²) in [5.41, 5.74) is 0.0192. The molecule has 4 nitrogen and oxygen atoms in total. The van der Waals surface area contributed by atoms with Crippen molar-refractivity contribution >= 4 is 23.7 Å². The molecule has 4 rings (SSSR count). The van der Waals surface area contributed by atoms with Crippen LogP contribution < -0.4 is 10.9 Å². The molecule has 1 aromatic carbocycles. The minimum atomic E-state index is -4.69. The van der Waals surface area contributed by atoms with E-state index in [1.807, 2.05) is 30.4 Å². The predicted octanol–water partition coefficient (Wildman–Crippen LogP) is 5.22. The Hall–Kier alpha value is -3.00. The zero-order valence-electron chi connectivity index (χ0n) is 15.7. The first kappa shape index (κ1) is 20.3. The summed E-state index contributed by atoms with van der Waals surface area (Å²) in [6.07, 6.45) is 2.72. The number of H-pyrrole nitrogens is 1. The van der Waals surface area contributed by atoms with Crippen molar-refractivity contribution in [3.8, 4) is 0 Å². The monoisotopic (exact) mass is 430 g/mol. The second-order valence-corrected chi connectivity index (χ2v) is 8.08. The second kappa shape index (κ2) is 7.68. The number of aromatic nitrogens is 1. The summed E-state index contributed by atoms with van der Waals surface area (Å²) in [4.78, 5) is 28.8. The number of amides is 1. The molecule has 2 heterocycles. The number of hydrogen-bond donors (Lipinski definition) is 2. The number of fused-ring (bicyclic) bond motifs is 1. The Bertz CT molecular complexity index is 1160. The molecule has 2 aliphatic rings. The summed E-state index contributed by atoms with van der Waals surface area (Å²) < 4.78 is 38.4. The summed E-state index contributed by atoms with van der Waals surface area (Å²) in [5, 5.41) is 2.84. The molecule has 2 N–H and O–H groups in total. The van der Waals surface area contributed by atoms with E-state index in [1.165, 1.54) is 0 Å². The number of halogens is 3. The molecule has 30 heavy (non-hydrogen) atoms. The molecule has 2 aromatic rings. The minimum absolute atomic E-state index is 0.371. The number of rotatable bonds is 3. The molecule has 154 valence electrons. The van der Waals surface area contributed by atoms with Crippen molar-refractivity contribution in [1.29, 1.82) is 0 Å². The Morgan fingerprint density at radius 3 is 2.77 bits per heavy atom. The van der Waals surface area contributed by atoms with Gasteiger partial charge in [-0.2, -0.15) is 13.2 Å². The molecule has 0 fully saturated rings. The molecule has 1 aromatic heterocycles. The molecular formula is C22H17F3N2O2S. The average Bonchev–Trinajstić information content (AvgIpc) is 2.72. The van der Waals surface area contributed by atoms with E-state index >= 15 is 0 Å². The van der Waals surface area contributed by atoms with Gasteiger partial charge < -0.3 is 10.3 Å². The third-order valence-corrected chi connectivity index (χ3v) is 6.30. The molecule has 1 unspecified atom stereocenters. The molecule has 8 heteroatoms. The van der Waals surface area contributed by atoms with E-state index in [9.17, 15) is 22.8 Å². The van der Waals surface area contributed by atoms with E-state index in [4.69, 9.17) is 0 Å². The van der Waals surface area contributed by atoms with Gasteiger partial charge in [-0.25, -0.2) is 0 Å². The Morgan fingerprint density at radius 1 is 1.27 bits per heavy atom. The number of aromatic amines is 1. The van der Waals surface area contributed by atoms with Gasteiger partial charge in [0.2, 0.25) is 0 Å². The van der Waals surface area contributed by atoms with E-state index in [0.29, 0.717) is 6.07 Å². The number of alkyl halides is 3. The van der Waals surface area contributed by atoms with E-state index in [-0.39, 0.29) is 5.56 Å². The maximum Gasteiger partial charge on any atom is 0.431 e. The van der Waals surface area contributed by atoms with Gasteiger partial charge in [0.15, 0.2) is 0 Å². The molecular weight excluding hydrogens is 413 g/mol. The van der Waals surface area contributed by atoms with Crippen molar-refractivity contribution in [2.45, 2.75) is 30.0 Å². The molecule has 0 spiro atoms. The lowest BCUT2D eigenvalue weighted by atomic mass is 9.92. The molecule has 1 atom stereocenters. The first-order chi connectivity index (χ1) is 14.3. The average molecular weight is 430 g/mol. The van der Waals surface area contributed by atoms with Gasteiger partial charge in [-0.3, -0.25) is 9.59 Å². The molecule has 0 bridgehead atoms. The van der Waals surface area contributed by atoms with E-state index in [1.54, 1.807) is 22.8 Å². The number of benzene rings is 1. The highest BCUT2D eigenvalue weighted by Crippen LogP contribution is 2.47. The van der Waals surface area contributed by atoms with Crippen molar-refractivity contribution in [2.24, 2.45) is 0 Å². The molecule has 1 amide bonds. The van der Waals surface area contributed by atoms with Gasteiger partial charge in [-0.1, -0.05) is 42.6 Å². The summed E-state index contributed by atoms with van der Waals surface area (Å²) >= 11 is 1.64. The number of pyridine rings is 1. The molecule has 1 aliphatic heterocycles. The van der Waals surface area contributed by atoms with Crippen LogP contribution in [0.5, 0.6) is 0 Å². The van der Waals surface area contributed by atoms with Gasteiger partial charge in [-0.15, -0.1) is 0 Å². The van der Waals surface area contributed by atoms with Crippen LogP contribution in [-0.2, 0) is 6.18 Å². The van der Waals surface area contributed by atoms with E-state index < -0.39 is 29.4 Å². The van der Waals surface area contributed by atoms with Crippen molar-refractivity contribution in [3.05, 3.63) is 92.3 Å². The summed E-state index contributed by atoms with van der Waals surface area (Å²) in [7, 11) is 0. The Morgan fingerprint density at radius 2 is 2.07 bits per heavy atom. The van der Waals surface area contributed by atoms with Crippen molar-refractivity contribution in [3.63, 3.8) is 0 Å². The Balaban J connectivity index is 1.72. The summed E-state index contributed by atoms with van der Waals surface area (Å²) in [6.45, 7) is 3.78. The predicted molar refractivity (Wildman–Crippen MR) is 110 cm³/mol. The fraction of sp³-hybridized carbons (Fsp3) is 0.182. The lowest BCUT2D eigenvalue weighted by molar-refractivity contribution is -0.141. The SMILES string of the molecule is C=Cc1ccc2c(c1)C(NC(=O)c1ccc(C(F)(F)F)[nH]c1=O)C1=C(CCC=C1)S2. The Kier molecular flexibility index (Phi) is 5.19. The minimum Gasteiger partial charge on any atom is -0.341 e. The first-order valence-corrected chi connectivity index (χ1v) is 10.0. The van der Waals surface area contributed by atoms with Gasteiger partial charge in [0.1, 0.15) is 11.3 Å². The number of allylic oxidation sites excluding steroid dienone is 2. The van der Waals surface area contributed by atoms with Crippen molar-refractivity contribution in [2.75, 3.05) is 0 Å². The number of carbonyl (C=O) groups excluding carboxylic acids is 1. The maximum atomic E-state index is 12.8. The zero-order chi connectivity index (χ0) is 21.5. The maximum absolute atomic E-state index is 12.8. The van der Waals surface area contributed by atoms with Gasteiger partial charge >= 0.3 is 6.18 Å². The molecule has 0 radical (unpaired) electrons. The molecule has 0 saturated carbocycles.